The molecule has 6 heteroatoms. The molecule has 0 unspecified atom stereocenters. The molecule has 1 fully saturated rings. The van der Waals surface area contributed by atoms with Gasteiger partial charge in [-0.2, -0.15) is 0 Å². The van der Waals surface area contributed by atoms with E-state index >= 15 is 0 Å². The Hall–Kier alpha value is -1.92. The lowest BCUT2D eigenvalue weighted by atomic mass is 10.3. The van der Waals surface area contributed by atoms with E-state index in [0.29, 0.717) is 0 Å². The highest BCUT2D eigenvalue weighted by Crippen LogP contribution is 2.11. The average molecular weight is 316 g/mol. The number of hydrogen-bond acceptors (Lipinski definition) is 4. The molecule has 0 radical (unpaired) electrons. The van der Waals surface area contributed by atoms with Crippen LogP contribution in [0.4, 0.5) is 0 Å². The lowest BCUT2D eigenvalue weighted by Gasteiger charge is -2.34. The molecule has 0 atom stereocenters. The van der Waals surface area contributed by atoms with E-state index in [-0.39, 0.29) is 5.91 Å². The van der Waals surface area contributed by atoms with Crippen LogP contribution in [0, 0.1) is 0 Å². The Balaban J connectivity index is 1.42. The van der Waals surface area contributed by atoms with E-state index in [0.717, 1.165) is 44.1 Å². The van der Waals surface area contributed by atoms with E-state index in [2.05, 4.69) is 14.5 Å². The molecular weight excluding hydrogens is 296 g/mol. The lowest BCUT2D eigenvalue weighted by molar-refractivity contribution is -0.127. The van der Waals surface area contributed by atoms with Crippen LogP contribution >= 0.6 is 11.3 Å². The van der Waals surface area contributed by atoms with Crippen molar-refractivity contribution in [3.63, 3.8) is 0 Å². The highest BCUT2D eigenvalue weighted by Gasteiger charge is 2.19. The highest BCUT2D eigenvalue weighted by molar-refractivity contribution is 7.10. The number of imidazole rings is 1. The van der Waals surface area contributed by atoms with E-state index in [1.165, 1.54) is 0 Å². The number of aromatic nitrogens is 2. The summed E-state index contributed by atoms with van der Waals surface area (Å²) >= 11 is 1.64. The first kappa shape index (κ1) is 15.0. The molecule has 0 spiro atoms. The molecule has 0 aromatic carbocycles. The molecule has 116 valence electrons. The molecule has 0 saturated carbocycles. The molecule has 2 aromatic heterocycles. The SMILES string of the molecule is O=C(/C=C/c1cccs1)N1CCN(CCn2ccnc2)CC1. The minimum Gasteiger partial charge on any atom is -0.337 e. The number of hydrogen-bond donors (Lipinski definition) is 0. The molecular formula is C16H20N4OS. The predicted octanol–water partition coefficient (Wildman–Crippen LogP) is 1.80. The van der Waals surface area contributed by atoms with Crippen molar-refractivity contribution < 1.29 is 4.79 Å². The standard InChI is InChI=1S/C16H20N4OS/c21-16(4-3-15-2-1-13-22-15)20-11-9-18(10-12-20)7-8-19-6-5-17-14-19/h1-6,13-14H,7-12H2/b4-3+. The molecule has 1 saturated heterocycles. The summed E-state index contributed by atoms with van der Waals surface area (Å²) in [5.41, 5.74) is 0. The molecule has 2 aromatic rings. The van der Waals surface area contributed by atoms with Gasteiger partial charge in [-0.3, -0.25) is 9.69 Å². The lowest BCUT2D eigenvalue weighted by Crippen LogP contribution is -2.48. The Morgan fingerprint density at radius 3 is 2.82 bits per heavy atom. The van der Waals surface area contributed by atoms with Gasteiger partial charge in [0.2, 0.25) is 5.91 Å². The van der Waals surface area contributed by atoms with Crippen LogP contribution in [0.1, 0.15) is 4.88 Å². The summed E-state index contributed by atoms with van der Waals surface area (Å²) < 4.78 is 2.08. The number of carbonyl (C=O) groups is 1. The zero-order valence-corrected chi connectivity index (χ0v) is 13.3. The van der Waals surface area contributed by atoms with Crippen molar-refractivity contribution in [2.45, 2.75) is 6.54 Å². The third kappa shape index (κ3) is 4.05. The van der Waals surface area contributed by atoms with Crippen LogP contribution < -0.4 is 0 Å². The van der Waals surface area contributed by atoms with Crippen molar-refractivity contribution in [3.05, 3.63) is 47.2 Å². The largest absolute Gasteiger partial charge is 0.337 e. The minimum absolute atomic E-state index is 0.114. The zero-order chi connectivity index (χ0) is 15.2. The summed E-state index contributed by atoms with van der Waals surface area (Å²) in [4.78, 5) is 21.6. The van der Waals surface area contributed by atoms with Crippen molar-refractivity contribution in [1.82, 2.24) is 19.4 Å². The van der Waals surface area contributed by atoms with Gasteiger partial charge < -0.3 is 9.47 Å². The molecule has 3 rings (SSSR count). The second-order valence-electron chi connectivity index (χ2n) is 5.32. The molecule has 0 bridgehead atoms. The molecule has 1 amide bonds. The Bertz CT molecular complexity index is 598. The number of nitrogens with zero attached hydrogens (tertiary/aromatic N) is 4. The van der Waals surface area contributed by atoms with Gasteiger partial charge in [-0.25, -0.2) is 4.98 Å². The Morgan fingerprint density at radius 2 is 2.14 bits per heavy atom. The second kappa shape index (κ2) is 7.38. The van der Waals surface area contributed by atoms with Crippen molar-refractivity contribution in [2.75, 3.05) is 32.7 Å². The first-order valence-corrected chi connectivity index (χ1v) is 8.38. The number of rotatable bonds is 5. The van der Waals surface area contributed by atoms with Crippen LogP contribution in [0.15, 0.2) is 42.3 Å². The fourth-order valence-corrected chi connectivity index (χ4v) is 3.13. The van der Waals surface area contributed by atoms with E-state index < -0.39 is 0 Å². The van der Waals surface area contributed by atoms with E-state index in [4.69, 9.17) is 0 Å². The number of thiophene rings is 1. The zero-order valence-electron chi connectivity index (χ0n) is 12.5. The van der Waals surface area contributed by atoms with Crippen molar-refractivity contribution in [3.8, 4) is 0 Å². The molecule has 22 heavy (non-hydrogen) atoms. The number of piperazine rings is 1. The summed E-state index contributed by atoms with van der Waals surface area (Å²) in [7, 11) is 0. The van der Waals surface area contributed by atoms with E-state index in [1.807, 2.05) is 41.0 Å². The van der Waals surface area contributed by atoms with Crippen molar-refractivity contribution >= 4 is 23.3 Å². The smallest absolute Gasteiger partial charge is 0.246 e. The van der Waals surface area contributed by atoms with Gasteiger partial charge in [0, 0.05) is 62.6 Å². The van der Waals surface area contributed by atoms with Crippen LogP contribution in [0.2, 0.25) is 0 Å². The van der Waals surface area contributed by atoms with Gasteiger partial charge in [-0.1, -0.05) is 6.07 Å². The highest BCUT2D eigenvalue weighted by atomic mass is 32.1. The van der Waals surface area contributed by atoms with Gasteiger partial charge in [-0.05, 0) is 17.5 Å². The molecule has 3 heterocycles. The maximum absolute atomic E-state index is 12.2. The topological polar surface area (TPSA) is 41.4 Å². The molecule has 1 aliphatic heterocycles. The summed E-state index contributed by atoms with van der Waals surface area (Å²) in [5.74, 6) is 0.114. The predicted molar refractivity (Wildman–Crippen MR) is 88.6 cm³/mol. The van der Waals surface area contributed by atoms with Gasteiger partial charge in [0.05, 0.1) is 6.33 Å². The summed E-state index contributed by atoms with van der Waals surface area (Å²) in [6.45, 7) is 5.44. The fraction of sp³-hybridized carbons (Fsp3) is 0.375. The maximum Gasteiger partial charge on any atom is 0.246 e. The number of amides is 1. The fourth-order valence-electron chi connectivity index (χ4n) is 2.51. The van der Waals surface area contributed by atoms with Crippen LogP contribution in [0.5, 0.6) is 0 Å². The molecule has 1 aliphatic rings. The van der Waals surface area contributed by atoms with E-state index in [1.54, 1.807) is 23.6 Å². The second-order valence-corrected chi connectivity index (χ2v) is 6.30. The third-order valence-electron chi connectivity index (χ3n) is 3.85. The number of carbonyl (C=O) groups excluding carboxylic acids is 1. The van der Waals surface area contributed by atoms with Crippen LogP contribution in [0.25, 0.3) is 6.08 Å². The minimum atomic E-state index is 0.114. The summed E-state index contributed by atoms with van der Waals surface area (Å²) in [5, 5.41) is 2.02. The van der Waals surface area contributed by atoms with Gasteiger partial charge >= 0.3 is 0 Å². The first-order chi connectivity index (χ1) is 10.8. The Labute approximate surface area is 134 Å². The average Bonchev–Trinajstić information content (AvgIpc) is 3.24. The van der Waals surface area contributed by atoms with Crippen molar-refractivity contribution in [1.29, 1.82) is 0 Å². The molecule has 0 N–H and O–H groups in total. The van der Waals surface area contributed by atoms with E-state index in [9.17, 15) is 4.79 Å². The van der Waals surface area contributed by atoms with Crippen LogP contribution in [-0.4, -0.2) is 58.0 Å². The Morgan fingerprint density at radius 1 is 1.27 bits per heavy atom. The van der Waals surface area contributed by atoms with Crippen LogP contribution in [0.3, 0.4) is 0 Å². The quantitative estimate of drug-likeness (QED) is 0.790. The maximum atomic E-state index is 12.2. The van der Waals surface area contributed by atoms with Gasteiger partial charge in [-0.15, -0.1) is 11.3 Å². The van der Waals surface area contributed by atoms with Gasteiger partial charge in [0.1, 0.15) is 0 Å². The van der Waals surface area contributed by atoms with Crippen molar-refractivity contribution in [2.24, 2.45) is 0 Å². The van der Waals surface area contributed by atoms with Gasteiger partial charge in [0.15, 0.2) is 0 Å². The Kier molecular flexibility index (Phi) is 5.03. The summed E-state index contributed by atoms with van der Waals surface area (Å²) in [6.07, 6.45) is 9.21. The van der Waals surface area contributed by atoms with Crippen LogP contribution in [-0.2, 0) is 11.3 Å². The van der Waals surface area contributed by atoms with Gasteiger partial charge in [0.25, 0.3) is 0 Å². The molecule has 0 aliphatic carbocycles. The monoisotopic (exact) mass is 316 g/mol. The third-order valence-corrected chi connectivity index (χ3v) is 4.69. The molecule has 5 nitrogen and oxygen atoms in total. The summed E-state index contributed by atoms with van der Waals surface area (Å²) in [6, 6.07) is 4.01. The first-order valence-electron chi connectivity index (χ1n) is 7.50. The normalized spacial score (nSPS) is 16.5.